The van der Waals surface area contributed by atoms with Crippen LogP contribution in [0.25, 0.3) is 0 Å². The summed E-state index contributed by atoms with van der Waals surface area (Å²) in [4.78, 5) is 22.9. The minimum absolute atomic E-state index is 0.0953. The van der Waals surface area contributed by atoms with Gasteiger partial charge in [-0.25, -0.2) is 4.79 Å². The third kappa shape index (κ3) is 1.91. The first-order chi connectivity index (χ1) is 7.53. The van der Waals surface area contributed by atoms with E-state index in [4.69, 9.17) is 9.84 Å². The molecule has 1 heterocycles. The predicted octanol–water partition coefficient (Wildman–Crippen LogP) is 0.535. The molecule has 0 bridgehead atoms. The average Bonchev–Trinajstić information content (AvgIpc) is 2.57. The van der Waals surface area contributed by atoms with E-state index >= 15 is 0 Å². The molecule has 5 nitrogen and oxygen atoms in total. The number of ether oxygens (including phenoxy) is 1. The lowest BCUT2D eigenvalue weighted by atomic mass is 9.76. The highest BCUT2D eigenvalue weighted by molar-refractivity contribution is 5.89. The molecule has 0 spiro atoms. The quantitative estimate of drug-likeness (QED) is 0.737. The SMILES string of the molecule is CC1CC(C(=O)NC2(C(=O)O)CCC2)CO1. The molecule has 0 radical (unpaired) electrons. The fraction of sp³-hybridized carbons (Fsp3) is 0.818. The minimum Gasteiger partial charge on any atom is -0.480 e. The largest absolute Gasteiger partial charge is 0.480 e. The zero-order chi connectivity index (χ0) is 11.8. The van der Waals surface area contributed by atoms with E-state index < -0.39 is 11.5 Å². The molecule has 2 atom stereocenters. The van der Waals surface area contributed by atoms with Crippen LogP contribution in [0.15, 0.2) is 0 Å². The zero-order valence-corrected chi connectivity index (χ0v) is 9.36. The Labute approximate surface area is 94.2 Å². The molecule has 0 aromatic rings. The van der Waals surface area contributed by atoms with Gasteiger partial charge >= 0.3 is 5.97 Å². The Morgan fingerprint density at radius 2 is 2.12 bits per heavy atom. The Hall–Kier alpha value is -1.10. The number of carbonyl (C=O) groups excluding carboxylic acids is 1. The second-order valence-corrected chi connectivity index (χ2v) is 4.81. The molecule has 2 rings (SSSR count). The maximum atomic E-state index is 11.8. The van der Waals surface area contributed by atoms with Crippen molar-refractivity contribution in [3.05, 3.63) is 0 Å². The second kappa shape index (κ2) is 4.05. The number of carboxylic acids is 1. The molecule has 2 N–H and O–H groups in total. The van der Waals surface area contributed by atoms with Gasteiger partial charge in [0.25, 0.3) is 0 Å². The van der Waals surface area contributed by atoms with Crippen molar-refractivity contribution < 1.29 is 19.4 Å². The summed E-state index contributed by atoms with van der Waals surface area (Å²) in [5.41, 5.74) is -0.997. The molecule has 2 aliphatic rings. The molecule has 90 valence electrons. The standard InChI is InChI=1S/C11H17NO4/c1-7-5-8(6-16-7)9(13)12-11(10(14)15)3-2-4-11/h7-8H,2-6H2,1H3,(H,12,13)(H,14,15). The van der Waals surface area contributed by atoms with Gasteiger partial charge in [0.05, 0.1) is 18.6 Å². The Balaban J connectivity index is 1.94. The fourth-order valence-corrected chi connectivity index (χ4v) is 2.26. The maximum Gasteiger partial charge on any atom is 0.329 e. The summed E-state index contributed by atoms with van der Waals surface area (Å²) < 4.78 is 5.30. The topological polar surface area (TPSA) is 75.6 Å². The number of amides is 1. The highest BCUT2D eigenvalue weighted by Gasteiger charge is 2.47. The Bertz CT molecular complexity index is 311. The van der Waals surface area contributed by atoms with Crippen LogP contribution in [0, 0.1) is 5.92 Å². The number of hydrogen-bond donors (Lipinski definition) is 2. The maximum absolute atomic E-state index is 11.8. The van der Waals surface area contributed by atoms with Gasteiger partial charge < -0.3 is 15.2 Å². The first-order valence-corrected chi connectivity index (χ1v) is 5.70. The zero-order valence-electron chi connectivity index (χ0n) is 9.36. The third-order valence-electron chi connectivity index (χ3n) is 3.55. The van der Waals surface area contributed by atoms with E-state index in [1.165, 1.54) is 0 Å². The Morgan fingerprint density at radius 3 is 2.50 bits per heavy atom. The van der Waals surface area contributed by atoms with Crippen molar-refractivity contribution in [2.45, 2.75) is 44.2 Å². The van der Waals surface area contributed by atoms with Crippen LogP contribution in [0.5, 0.6) is 0 Å². The highest BCUT2D eigenvalue weighted by atomic mass is 16.5. The summed E-state index contributed by atoms with van der Waals surface area (Å²) in [7, 11) is 0. The molecule has 0 aromatic carbocycles. The molecule has 16 heavy (non-hydrogen) atoms. The monoisotopic (exact) mass is 227 g/mol. The van der Waals surface area contributed by atoms with Gasteiger partial charge in [-0.2, -0.15) is 0 Å². The first-order valence-electron chi connectivity index (χ1n) is 5.70. The highest BCUT2D eigenvalue weighted by Crippen LogP contribution is 2.33. The van der Waals surface area contributed by atoms with Crippen molar-refractivity contribution in [1.29, 1.82) is 0 Å². The van der Waals surface area contributed by atoms with Gasteiger partial charge in [-0.1, -0.05) is 0 Å². The number of carbonyl (C=O) groups is 2. The van der Waals surface area contributed by atoms with Gasteiger partial charge in [0.15, 0.2) is 0 Å². The van der Waals surface area contributed by atoms with Crippen molar-refractivity contribution in [2.75, 3.05) is 6.61 Å². The van der Waals surface area contributed by atoms with Crippen LogP contribution < -0.4 is 5.32 Å². The molecule has 1 amide bonds. The molecular weight excluding hydrogens is 210 g/mol. The molecule has 2 fully saturated rings. The van der Waals surface area contributed by atoms with E-state index in [1.54, 1.807) is 0 Å². The van der Waals surface area contributed by atoms with Gasteiger partial charge in [-0.3, -0.25) is 4.79 Å². The third-order valence-corrected chi connectivity index (χ3v) is 3.55. The van der Waals surface area contributed by atoms with Crippen LogP contribution in [0.3, 0.4) is 0 Å². The fourth-order valence-electron chi connectivity index (χ4n) is 2.26. The van der Waals surface area contributed by atoms with Crippen LogP contribution in [0.4, 0.5) is 0 Å². The van der Waals surface area contributed by atoms with Crippen molar-refractivity contribution in [3.63, 3.8) is 0 Å². The summed E-state index contributed by atoms with van der Waals surface area (Å²) in [6, 6.07) is 0. The molecule has 1 aliphatic heterocycles. The van der Waals surface area contributed by atoms with Gasteiger partial charge in [0.1, 0.15) is 5.54 Å². The van der Waals surface area contributed by atoms with E-state index in [0.717, 1.165) is 6.42 Å². The number of carboxylic acid groups (broad SMARTS) is 1. The molecular formula is C11H17NO4. The number of hydrogen-bond acceptors (Lipinski definition) is 3. The smallest absolute Gasteiger partial charge is 0.329 e. The summed E-state index contributed by atoms with van der Waals surface area (Å²) in [5.74, 6) is -1.28. The summed E-state index contributed by atoms with van der Waals surface area (Å²) in [6.45, 7) is 2.33. The molecule has 1 saturated heterocycles. The van der Waals surface area contributed by atoms with E-state index in [-0.39, 0.29) is 17.9 Å². The number of aliphatic carboxylic acids is 1. The Morgan fingerprint density at radius 1 is 1.44 bits per heavy atom. The average molecular weight is 227 g/mol. The predicted molar refractivity (Wildman–Crippen MR) is 55.9 cm³/mol. The van der Waals surface area contributed by atoms with Gasteiger partial charge in [-0.05, 0) is 32.6 Å². The van der Waals surface area contributed by atoms with E-state index in [1.807, 2.05) is 6.92 Å². The summed E-state index contributed by atoms with van der Waals surface area (Å²) >= 11 is 0. The lowest BCUT2D eigenvalue weighted by molar-refractivity contribution is -0.152. The van der Waals surface area contributed by atoms with Gasteiger partial charge in [-0.15, -0.1) is 0 Å². The van der Waals surface area contributed by atoms with Crippen LogP contribution in [-0.4, -0.2) is 35.2 Å². The lowest BCUT2D eigenvalue weighted by Crippen LogP contribution is -2.60. The second-order valence-electron chi connectivity index (χ2n) is 4.81. The first kappa shape index (κ1) is 11.4. The van der Waals surface area contributed by atoms with Crippen LogP contribution in [-0.2, 0) is 14.3 Å². The van der Waals surface area contributed by atoms with Crippen molar-refractivity contribution in [1.82, 2.24) is 5.32 Å². The van der Waals surface area contributed by atoms with Crippen molar-refractivity contribution in [3.8, 4) is 0 Å². The summed E-state index contributed by atoms with van der Waals surface area (Å²) in [6.07, 6.45) is 2.72. The van der Waals surface area contributed by atoms with Crippen molar-refractivity contribution in [2.24, 2.45) is 5.92 Å². The van der Waals surface area contributed by atoms with Crippen LogP contribution in [0.2, 0.25) is 0 Å². The van der Waals surface area contributed by atoms with Crippen LogP contribution in [0.1, 0.15) is 32.6 Å². The molecule has 1 saturated carbocycles. The van der Waals surface area contributed by atoms with E-state index in [9.17, 15) is 9.59 Å². The number of rotatable bonds is 3. The number of nitrogens with one attached hydrogen (secondary N) is 1. The van der Waals surface area contributed by atoms with E-state index in [2.05, 4.69) is 5.32 Å². The molecule has 1 aliphatic carbocycles. The normalized spacial score (nSPS) is 31.8. The Kier molecular flexibility index (Phi) is 2.88. The molecule has 2 unspecified atom stereocenters. The molecule has 0 aromatic heterocycles. The minimum atomic E-state index is -0.997. The summed E-state index contributed by atoms with van der Waals surface area (Å²) in [5, 5.41) is 11.8. The van der Waals surface area contributed by atoms with Crippen molar-refractivity contribution >= 4 is 11.9 Å². The van der Waals surface area contributed by atoms with E-state index in [0.29, 0.717) is 25.9 Å². The molecule has 5 heteroatoms. The van der Waals surface area contributed by atoms with Gasteiger partial charge in [0.2, 0.25) is 5.91 Å². The van der Waals surface area contributed by atoms with Crippen LogP contribution >= 0.6 is 0 Å². The van der Waals surface area contributed by atoms with Gasteiger partial charge in [0, 0.05) is 0 Å². The lowest BCUT2D eigenvalue weighted by Gasteiger charge is -2.38.